The Morgan fingerprint density at radius 2 is 1.92 bits per heavy atom. The molecule has 1 heterocycles. The van der Waals surface area contributed by atoms with Crippen LogP contribution in [0.5, 0.6) is 0 Å². The van der Waals surface area contributed by atoms with Crippen molar-refractivity contribution in [1.82, 2.24) is 4.90 Å². The topological polar surface area (TPSA) is 55.6 Å². The average molecular weight is 332 g/mol. The molecule has 1 fully saturated rings. The highest BCUT2D eigenvalue weighted by Gasteiger charge is 2.31. The molecule has 0 radical (unpaired) electrons. The van der Waals surface area contributed by atoms with Gasteiger partial charge in [0.15, 0.2) is 0 Å². The number of carbonyl (C=O) groups excluding carboxylic acids is 1. The van der Waals surface area contributed by atoms with Gasteiger partial charge in [-0.2, -0.15) is 0 Å². The summed E-state index contributed by atoms with van der Waals surface area (Å²) in [5, 5.41) is 0. The summed E-state index contributed by atoms with van der Waals surface area (Å²) in [7, 11) is 0. The summed E-state index contributed by atoms with van der Waals surface area (Å²) < 4.78 is 5.48. The maximum absolute atomic E-state index is 12.2. The van der Waals surface area contributed by atoms with Crippen LogP contribution in [0.15, 0.2) is 18.2 Å². The Bertz CT molecular complexity index is 569. The van der Waals surface area contributed by atoms with Crippen LogP contribution in [-0.4, -0.2) is 36.2 Å². The molecule has 0 bridgehead atoms. The first kappa shape index (κ1) is 18.8. The molecule has 0 aromatic heterocycles. The van der Waals surface area contributed by atoms with Gasteiger partial charge in [-0.05, 0) is 77.0 Å². The molecule has 2 rings (SSSR count). The molecular weight excluding hydrogens is 300 g/mol. The van der Waals surface area contributed by atoms with Crippen molar-refractivity contribution in [2.24, 2.45) is 11.7 Å². The van der Waals surface area contributed by atoms with E-state index in [1.165, 1.54) is 16.7 Å². The SMILES string of the molecule is Cc1ccc(C(CN)C2CCN(C(=O)OC(C)(C)C)CC2)c(C)c1. The number of rotatable bonds is 3. The Kier molecular flexibility index (Phi) is 5.92. The van der Waals surface area contributed by atoms with E-state index >= 15 is 0 Å². The Balaban J connectivity index is 2.00. The van der Waals surface area contributed by atoms with Crippen LogP contribution < -0.4 is 5.73 Å². The number of carbonyl (C=O) groups is 1. The van der Waals surface area contributed by atoms with Gasteiger partial charge in [-0.3, -0.25) is 0 Å². The van der Waals surface area contributed by atoms with Crippen LogP contribution in [0.4, 0.5) is 4.79 Å². The number of piperidine rings is 1. The third-order valence-electron chi connectivity index (χ3n) is 4.84. The van der Waals surface area contributed by atoms with E-state index in [9.17, 15) is 4.79 Å². The van der Waals surface area contributed by atoms with E-state index in [-0.39, 0.29) is 6.09 Å². The van der Waals surface area contributed by atoms with Crippen molar-refractivity contribution in [2.45, 2.75) is 59.0 Å². The van der Waals surface area contributed by atoms with Crippen LogP contribution in [-0.2, 0) is 4.74 Å². The highest BCUT2D eigenvalue weighted by molar-refractivity contribution is 5.68. The highest BCUT2D eigenvalue weighted by Crippen LogP contribution is 2.34. The molecule has 1 atom stereocenters. The van der Waals surface area contributed by atoms with E-state index in [2.05, 4.69) is 32.0 Å². The Labute approximate surface area is 146 Å². The predicted octanol–water partition coefficient (Wildman–Crippen LogP) is 3.99. The van der Waals surface area contributed by atoms with Gasteiger partial charge in [-0.25, -0.2) is 4.79 Å². The van der Waals surface area contributed by atoms with Gasteiger partial charge in [0.1, 0.15) is 5.60 Å². The summed E-state index contributed by atoms with van der Waals surface area (Å²) in [5.41, 5.74) is 9.64. The fraction of sp³-hybridized carbons (Fsp3) is 0.650. The van der Waals surface area contributed by atoms with Crippen molar-refractivity contribution in [1.29, 1.82) is 0 Å². The largest absolute Gasteiger partial charge is 0.444 e. The summed E-state index contributed by atoms with van der Waals surface area (Å²) in [6.07, 6.45) is 1.76. The van der Waals surface area contributed by atoms with Crippen molar-refractivity contribution < 1.29 is 9.53 Å². The van der Waals surface area contributed by atoms with Gasteiger partial charge in [-0.1, -0.05) is 23.8 Å². The van der Waals surface area contributed by atoms with Gasteiger partial charge in [-0.15, -0.1) is 0 Å². The molecule has 24 heavy (non-hydrogen) atoms. The number of nitrogens with zero attached hydrogens (tertiary/aromatic N) is 1. The molecule has 2 N–H and O–H groups in total. The molecule has 0 spiro atoms. The maximum atomic E-state index is 12.2. The first-order valence-electron chi connectivity index (χ1n) is 8.96. The molecule has 0 saturated carbocycles. The van der Waals surface area contributed by atoms with Crippen LogP contribution in [0.3, 0.4) is 0 Å². The summed E-state index contributed by atoms with van der Waals surface area (Å²) in [4.78, 5) is 14.0. The summed E-state index contributed by atoms with van der Waals surface area (Å²) in [5.74, 6) is 0.890. The molecule has 1 aliphatic heterocycles. The summed E-state index contributed by atoms with van der Waals surface area (Å²) >= 11 is 0. The van der Waals surface area contributed by atoms with Gasteiger partial charge in [0.2, 0.25) is 0 Å². The van der Waals surface area contributed by atoms with E-state index in [4.69, 9.17) is 10.5 Å². The standard InChI is InChI=1S/C20H32N2O2/c1-14-6-7-17(15(2)12-14)18(13-21)16-8-10-22(11-9-16)19(23)24-20(3,4)5/h6-7,12,16,18H,8-11,13,21H2,1-5H3. The molecule has 4 heteroatoms. The predicted molar refractivity (Wildman–Crippen MR) is 98.2 cm³/mol. The molecule has 1 aromatic rings. The van der Waals surface area contributed by atoms with Gasteiger partial charge < -0.3 is 15.4 Å². The van der Waals surface area contributed by atoms with Crippen molar-refractivity contribution in [2.75, 3.05) is 19.6 Å². The third kappa shape index (κ3) is 4.73. The highest BCUT2D eigenvalue weighted by atomic mass is 16.6. The van der Waals surface area contributed by atoms with Crippen LogP contribution >= 0.6 is 0 Å². The number of amides is 1. The van der Waals surface area contributed by atoms with Gasteiger partial charge in [0.25, 0.3) is 0 Å². The fourth-order valence-electron chi connectivity index (χ4n) is 3.63. The number of aryl methyl sites for hydroxylation is 2. The first-order chi connectivity index (χ1) is 11.2. The van der Waals surface area contributed by atoms with Gasteiger partial charge in [0.05, 0.1) is 0 Å². The van der Waals surface area contributed by atoms with Gasteiger partial charge in [0, 0.05) is 13.1 Å². The number of ether oxygens (including phenoxy) is 1. The second-order valence-corrected chi connectivity index (χ2v) is 8.01. The van der Waals surface area contributed by atoms with E-state index in [0.29, 0.717) is 18.4 Å². The lowest BCUT2D eigenvalue weighted by molar-refractivity contribution is 0.0175. The van der Waals surface area contributed by atoms with Crippen LogP contribution in [0, 0.1) is 19.8 Å². The quantitative estimate of drug-likeness (QED) is 0.910. The second-order valence-electron chi connectivity index (χ2n) is 8.01. The molecule has 134 valence electrons. The van der Waals surface area contributed by atoms with Crippen LogP contribution in [0.25, 0.3) is 0 Å². The first-order valence-corrected chi connectivity index (χ1v) is 8.96. The fourth-order valence-corrected chi connectivity index (χ4v) is 3.63. The van der Waals surface area contributed by atoms with Crippen LogP contribution in [0.2, 0.25) is 0 Å². The molecule has 1 saturated heterocycles. The van der Waals surface area contributed by atoms with Crippen molar-refractivity contribution >= 4 is 6.09 Å². The minimum absolute atomic E-state index is 0.197. The average Bonchev–Trinajstić information content (AvgIpc) is 2.49. The minimum atomic E-state index is -0.438. The minimum Gasteiger partial charge on any atom is -0.444 e. The van der Waals surface area contributed by atoms with E-state index in [1.54, 1.807) is 0 Å². The zero-order valence-electron chi connectivity index (χ0n) is 15.8. The number of hydrogen-bond acceptors (Lipinski definition) is 3. The van der Waals surface area contributed by atoms with Crippen molar-refractivity contribution in [3.8, 4) is 0 Å². The monoisotopic (exact) mass is 332 g/mol. The smallest absolute Gasteiger partial charge is 0.410 e. The molecule has 1 unspecified atom stereocenters. The molecule has 0 aliphatic carbocycles. The molecule has 1 aliphatic rings. The lowest BCUT2D eigenvalue weighted by Gasteiger charge is -2.37. The van der Waals surface area contributed by atoms with E-state index in [1.807, 2.05) is 25.7 Å². The van der Waals surface area contributed by atoms with E-state index < -0.39 is 5.60 Å². The van der Waals surface area contributed by atoms with Crippen molar-refractivity contribution in [3.05, 3.63) is 34.9 Å². The number of hydrogen-bond donors (Lipinski definition) is 1. The zero-order chi connectivity index (χ0) is 17.9. The number of nitrogens with two attached hydrogens (primary N) is 1. The Hall–Kier alpha value is -1.55. The molecular formula is C20H32N2O2. The normalized spacial score (nSPS) is 17.7. The summed E-state index contributed by atoms with van der Waals surface area (Å²) in [6.45, 7) is 12.2. The van der Waals surface area contributed by atoms with Gasteiger partial charge >= 0.3 is 6.09 Å². The second kappa shape index (κ2) is 7.56. The van der Waals surface area contributed by atoms with Crippen molar-refractivity contribution in [3.63, 3.8) is 0 Å². The lowest BCUT2D eigenvalue weighted by Crippen LogP contribution is -2.43. The number of likely N-dealkylation sites (tertiary alicyclic amines) is 1. The molecule has 1 aromatic carbocycles. The maximum Gasteiger partial charge on any atom is 0.410 e. The Morgan fingerprint density at radius 1 is 1.29 bits per heavy atom. The summed E-state index contributed by atoms with van der Waals surface area (Å²) in [6, 6.07) is 6.62. The molecule has 4 nitrogen and oxygen atoms in total. The lowest BCUT2D eigenvalue weighted by atomic mass is 9.78. The van der Waals surface area contributed by atoms with E-state index in [0.717, 1.165) is 25.9 Å². The third-order valence-corrected chi connectivity index (χ3v) is 4.84. The molecule has 1 amide bonds. The zero-order valence-corrected chi connectivity index (χ0v) is 15.8. The Morgan fingerprint density at radius 3 is 2.42 bits per heavy atom. The van der Waals surface area contributed by atoms with Crippen LogP contribution in [0.1, 0.15) is 56.2 Å². The number of benzene rings is 1.